The van der Waals surface area contributed by atoms with Crippen molar-refractivity contribution in [3.63, 3.8) is 0 Å². The summed E-state index contributed by atoms with van der Waals surface area (Å²) >= 11 is 0. The zero-order chi connectivity index (χ0) is 14.7. The molecule has 1 N–H and O–H groups in total. The van der Waals surface area contributed by atoms with E-state index in [4.69, 9.17) is 9.84 Å². The summed E-state index contributed by atoms with van der Waals surface area (Å²) in [4.78, 5) is 0. The molecule has 2 aromatic carbocycles. The molecule has 21 heavy (non-hydrogen) atoms. The van der Waals surface area contributed by atoms with Crippen LogP contribution in [0.5, 0.6) is 5.75 Å². The number of para-hydroxylation sites is 2. The number of ether oxygens (including phenoxy) is 1. The van der Waals surface area contributed by atoms with Crippen LogP contribution in [0.1, 0.15) is 11.3 Å². The highest BCUT2D eigenvalue weighted by atomic mass is 16.5. The van der Waals surface area contributed by atoms with Gasteiger partial charge in [-0.3, -0.25) is 4.68 Å². The third-order valence-corrected chi connectivity index (χ3v) is 3.59. The minimum Gasteiger partial charge on any atom is -0.496 e. The Hall–Kier alpha value is -2.33. The molecular weight excluding hydrogens is 262 g/mol. The van der Waals surface area contributed by atoms with Crippen LogP contribution < -0.4 is 10.1 Å². The highest BCUT2D eigenvalue weighted by Gasteiger charge is 2.11. The molecular formula is C17H19N3O. The molecule has 1 aromatic heterocycles. The second-order valence-corrected chi connectivity index (χ2v) is 4.96. The SMILES string of the molecule is CNCc1nn(Cc2ccccc2OC)c2ccccc12. The first-order valence-electron chi connectivity index (χ1n) is 7.04. The number of benzene rings is 2. The first-order chi connectivity index (χ1) is 10.3. The summed E-state index contributed by atoms with van der Waals surface area (Å²) in [6.45, 7) is 1.47. The molecule has 0 atom stereocenters. The number of hydrogen-bond acceptors (Lipinski definition) is 3. The van der Waals surface area contributed by atoms with E-state index in [0.29, 0.717) is 6.54 Å². The molecule has 0 spiro atoms. The summed E-state index contributed by atoms with van der Waals surface area (Å²) in [5.41, 5.74) is 3.35. The normalized spacial score (nSPS) is 11.0. The lowest BCUT2D eigenvalue weighted by molar-refractivity contribution is 0.407. The molecule has 0 bridgehead atoms. The number of fused-ring (bicyclic) bond motifs is 1. The molecule has 0 aliphatic rings. The molecule has 1 heterocycles. The minimum atomic E-state index is 0.703. The fraction of sp³-hybridized carbons (Fsp3) is 0.235. The van der Waals surface area contributed by atoms with Crippen molar-refractivity contribution in [2.75, 3.05) is 14.2 Å². The molecule has 0 unspecified atom stereocenters. The van der Waals surface area contributed by atoms with Gasteiger partial charge in [0.1, 0.15) is 5.75 Å². The van der Waals surface area contributed by atoms with Crippen LogP contribution in [0.15, 0.2) is 48.5 Å². The maximum Gasteiger partial charge on any atom is 0.123 e. The number of rotatable bonds is 5. The third kappa shape index (κ3) is 2.62. The van der Waals surface area contributed by atoms with E-state index in [0.717, 1.165) is 29.1 Å². The highest BCUT2D eigenvalue weighted by molar-refractivity contribution is 5.82. The second kappa shape index (κ2) is 5.97. The van der Waals surface area contributed by atoms with E-state index in [9.17, 15) is 0 Å². The van der Waals surface area contributed by atoms with Gasteiger partial charge >= 0.3 is 0 Å². The maximum absolute atomic E-state index is 5.43. The van der Waals surface area contributed by atoms with Crippen LogP contribution in [0.3, 0.4) is 0 Å². The van der Waals surface area contributed by atoms with Gasteiger partial charge < -0.3 is 10.1 Å². The standard InChI is InChI=1S/C17H19N3O/c1-18-11-15-14-8-4-5-9-16(14)20(19-15)12-13-7-3-6-10-17(13)21-2/h3-10,18H,11-12H2,1-2H3. The van der Waals surface area contributed by atoms with Gasteiger partial charge in [-0.1, -0.05) is 36.4 Å². The zero-order valence-corrected chi connectivity index (χ0v) is 12.3. The van der Waals surface area contributed by atoms with Crippen molar-refractivity contribution in [2.45, 2.75) is 13.1 Å². The fourth-order valence-corrected chi connectivity index (χ4v) is 2.61. The topological polar surface area (TPSA) is 39.1 Å². The van der Waals surface area contributed by atoms with E-state index in [1.54, 1.807) is 7.11 Å². The zero-order valence-electron chi connectivity index (χ0n) is 12.3. The van der Waals surface area contributed by atoms with Gasteiger partial charge in [0, 0.05) is 17.5 Å². The van der Waals surface area contributed by atoms with Gasteiger partial charge in [0.2, 0.25) is 0 Å². The average molecular weight is 281 g/mol. The summed E-state index contributed by atoms with van der Waals surface area (Å²) in [6.07, 6.45) is 0. The molecule has 0 saturated carbocycles. The van der Waals surface area contributed by atoms with Gasteiger partial charge in [-0.25, -0.2) is 0 Å². The average Bonchev–Trinajstić information content (AvgIpc) is 2.87. The Labute approximate surface area is 124 Å². The minimum absolute atomic E-state index is 0.703. The lowest BCUT2D eigenvalue weighted by Gasteiger charge is -2.09. The van der Waals surface area contributed by atoms with Crippen LogP contribution >= 0.6 is 0 Å². The van der Waals surface area contributed by atoms with Crippen molar-refractivity contribution in [3.8, 4) is 5.75 Å². The molecule has 4 nitrogen and oxygen atoms in total. The van der Waals surface area contributed by atoms with Crippen molar-refractivity contribution in [1.29, 1.82) is 0 Å². The van der Waals surface area contributed by atoms with E-state index in [1.165, 1.54) is 5.39 Å². The number of aromatic nitrogens is 2. The quantitative estimate of drug-likeness (QED) is 0.781. The summed E-state index contributed by atoms with van der Waals surface area (Å²) in [7, 11) is 3.64. The number of methoxy groups -OCH3 is 1. The van der Waals surface area contributed by atoms with Crippen LogP contribution in [0.2, 0.25) is 0 Å². The van der Waals surface area contributed by atoms with Crippen molar-refractivity contribution < 1.29 is 4.74 Å². The fourth-order valence-electron chi connectivity index (χ4n) is 2.61. The number of nitrogens with one attached hydrogen (secondary N) is 1. The second-order valence-electron chi connectivity index (χ2n) is 4.96. The largest absolute Gasteiger partial charge is 0.496 e. The van der Waals surface area contributed by atoms with E-state index >= 15 is 0 Å². The third-order valence-electron chi connectivity index (χ3n) is 3.59. The van der Waals surface area contributed by atoms with E-state index in [-0.39, 0.29) is 0 Å². The monoisotopic (exact) mass is 281 g/mol. The Morgan fingerprint density at radius 1 is 1.10 bits per heavy atom. The molecule has 108 valence electrons. The molecule has 0 aliphatic carbocycles. The van der Waals surface area contributed by atoms with Crippen LogP contribution in [0, 0.1) is 0 Å². The molecule has 0 amide bonds. The van der Waals surface area contributed by atoms with Gasteiger partial charge in [-0.15, -0.1) is 0 Å². The molecule has 0 fully saturated rings. The highest BCUT2D eigenvalue weighted by Crippen LogP contribution is 2.23. The smallest absolute Gasteiger partial charge is 0.123 e. The molecule has 0 radical (unpaired) electrons. The Bertz CT molecular complexity index is 749. The Kier molecular flexibility index (Phi) is 3.88. The Balaban J connectivity index is 2.04. The van der Waals surface area contributed by atoms with E-state index in [1.807, 2.05) is 36.0 Å². The van der Waals surface area contributed by atoms with Gasteiger partial charge in [0.15, 0.2) is 0 Å². The van der Waals surface area contributed by atoms with Gasteiger partial charge in [-0.2, -0.15) is 5.10 Å². The number of hydrogen-bond donors (Lipinski definition) is 1. The molecule has 0 aliphatic heterocycles. The number of nitrogens with zero attached hydrogens (tertiary/aromatic N) is 2. The molecule has 3 aromatic rings. The van der Waals surface area contributed by atoms with Gasteiger partial charge in [0.25, 0.3) is 0 Å². The van der Waals surface area contributed by atoms with Gasteiger partial charge in [-0.05, 0) is 19.2 Å². The van der Waals surface area contributed by atoms with Crippen LogP contribution in [0.4, 0.5) is 0 Å². The Morgan fingerprint density at radius 3 is 2.67 bits per heavy atom. The molecule has 0 saturated heterocycles. The molecule has 4 heteroatoms. The van der Waals surface area contributed by atoms with Crippen LogP contribution in [-0.4, -0.2) is 23.9 Å². The lowest BCUT2D eigenvalue weighted by atomic mass is 10.2. The summed E-state index contributed by atoms with van der Waals surface area (Å²) in [5, 5.41) is 9.12. The van der Waals surface area contributed by atoms with Crippen LogP contribution in [0.25, 0.3) is 10.9 Å². The van der Waals surface area contributed by atoms with E-state index < -0.39 is 0 Å². The predicted octanol–water partition coefficient (Wildman–Crippen LogP) is 2.81. The van der Waals surface area contributed by atoms with E-state index in [2.05, 4.69) is 29.6 Å². The first-order valence-corrected chi connectivity index (χ1v) is 7.04. The lowest BCUT2D eigenvalue weighted by Crippen LogP contribution is -2.08. The van der Waals surface area contributed by atoms with Crippen molar-refractivity contribution >= 4 is 10.9 Å². The van der Waals surface area contributed by atoms with Crippen molar-refractivity contribution in [2.24, 2.45) is 0 Å². The first kappa shape index (κ1) is 13.6. The summed E-state index contributed by atoms with van der Waals surface area (Å²) < 4.78 is 7.47. The Morgan fingerprint density at radius 2 is 1.86 bits per heavy atom. The molecule has 3 rings (SSSR count). The van der Waals surface area contributed by atoms with Crippen LogP contribution in [-0.2, 0) is 13.1 Å². The van der Waals surface area contributed by atoms with Gasteiger partial charge in [0.05, 0.1) is 24.9 Å². The van der Waals surface area contributed by atoms with Crippen molar-refractivity contribution in [3.05, 3.63) is 59.8 Å². The maximum atomic E-state index is 5.43. The summed E-state index contributed by atoms with van der Waals surface area (Å²) in [5.74, 6) is 0.896. The predicted molar refractivity (Wildman–Crippen MR) is 84.6 cm³/mol. The van der Waals surface area contributed by atoms with Crippen molar-refractivity contribution in [1.82, 2.24) is 15.1 Å². The summed E-state index contributed by atoms with van der Waals surface area (Å²) in [6, 6.07) is 16.4.